The number of para-hydroxylation sites is 1. The molecule has 1 aromatic heterocycles. The summed E-state index contributed by atoms with van der Waals surface area (Å²) in [4.78, 5) is 38.1. The second kappa shape index (κ2) is 8.99. The Balaban J connectivity index is 1.74. The van der Waals surface area contributed by atoms with Gasteiger partial charge in [-0.3, -0.25) is 14.4 Å². The maximum absolute atomic E-state index is 13.1. The van der Waals surface area contributed by atoms with Crippen molar-refractivity contribution in [2.75, 3.05) is 18.4 Å². The van der Waals surface area contributed by atoms with E-state index in [0.717, 1.165) is 12.1 Å². The smallest absolute Gasteiger partial charge is 0.333 e. The highest BCUT2D eigenvalue weighted by Crippen LogP contribution is 2.34. The van der Waals surface area contributed by atoms with Crippen LogP contribution in [0, 0.1) is 0 Å². The number of carbonyl (C=O) groups excluding carboxylic acids is 2. The number of nitrogens with one attached hydrogen (secondary N) is 2. The second-order valence-electron chi connectivity index (χ2n) is 6.72. The molecule has 3 rings (SSSR count). The molecule has 7 nitrogen and oxygen atoms in total. The summed E-state index contributed by atoms with van der Waals surface area (Å²) in [5, 5.41) is 9.39. The molecule has 0 saturated heterocycles. The van der Waals surface area contributed by atoms with Crippen LogP contribution in [0.3, 0.4) is 0 Å². The summed E-state index contributed by atoms with van der Waals surface area (Å²) in [6, 6.07) is 11.3. The van der Waals surface area contributed by atoms with Crippen molar-refractivity contribution in [3.05, 3.63) is 70.1 Å². The number of rotatable bonds is 6. The third kappa shape index (κ3) is 5.08. The van der Waals surface area contributed by atoms with Gasteiger partial charge in [-0.2, -0.15) is 18.3 Å². The van der Waals surface area contributed by atoms with Crippen LogP contribution in [0.1, 0.15) is 18.2 Å². The first-order chi connectivity index (χ1) is 14.7. The lowest BCUT2D eigenvalue weighted by Gasteiger charge is -2.21. The van der Waals surface area contributed by atoms with Gasteiger partial charge in [0.2, 0.25) is 11.8 Å². The maximum atomic E-state index is 13.1. The quantitative estimate of drug-likeness (QED) is 0.626. The highest BCUT2D eigenvalue weighted by Gasteiger charge is 2.33. The normalized spacial score (nSPS) is 11.4. The van der Waals surface area contributed by atoms with Gasteiger partial charge in [0.1, 0.15) is 0 Å². The van der Waals surface area contributed by atoms with Crippen molar-refractivity contribution in [3.8, 4) is 0 Å². The molecule has 3 aromatic rings. The van der Waals surface area contributed by atoms with E-state index in [0.29, 0.717) is 16.5 Å². The minimum absolute atomic E-state index is 0.161. The van der Waals surface area contributed by atoms with E-state index in [9.17, 15) is 27.6 Å². The van der Waals surface area contributed by atoms with Crippen LogP contribution in [0.4, 0.5) is 18.9 Å². The fourth-order valence-corrected chi connectivity index (χ4v) is 3.14. The van der Waals surface area contributed by atoms with Crippen molar-refractivity contribution < 1.29 is 22.8 Å². The molecular formula is C21H19F3N4O3. The first-order valence-corrected chi connectivity index (χ1v) is 9.41. The zero-order chi connectivity index (χ0) is 22.6. The Morgan fingerprint density at radius 2 is 1.71 bits per heavy atom. The van der Waals surface area contributed by atoms with Crippen molar-refractivity contribution in [1.82, 2.24) is 15.1 Å². The number of benzene rings is 2. The van der Waals surface area contributed by atoms with E-state index in [2.05, 4.69) is 15.5 Å². The molecule has 0 unspecified atom stereocenters. The van der Waals surface area contributed by atoms with E-state index in [1.54, 1.807) is 31.2 Å². The average Bonchev–Trinajstić information content (AvgIpc) is 2.73. The highest BCUT2D eigenvalue weighted by molar-refractivity contribution is 5.96. The number of fused-ring (bicyclic) bond motifs is 1. The Bertz CT molecular complexity index is 1170. The summed E-state index contributed by atoms with van der Waals surface area (Å²) in [7, 11) is 0. The van der Waals surface area contributed by atoms with E-state index in [1.165, 1.54) is 17.0 Å². The summed E-state index contributed by atoms with van der Waals surface area (Å²) in [6.45, 7) is 1.38. The van der Waals surface area contributed by atoms with Gasteiger partial charge in [-0.1, -0.05) is 30.3 Å². The van der Waals surface area contributed by atoms with Gasteiger partial charge in [-0.15, -0.1) is 0 Å². The number of hydrogen-bond donors (Lipinski definition) is 2. The lowest BCUT2D eigenvalue weighted by atomic mass is 10.1. The molecule has 0 spiro atoms. The maximum Gasteiger partial charge on any atom is 0.418 e. The lowest BCUT2D eigenvalue weighted by molar-refractivity contribution is -0.137. The Morgan fingerprint density at radius 3 is 2.39 bits per heavy atom. The number of anilines is 1. The van der Waals surface area contributed by atoms with Crippen LogP contribution in [0.25, 0.3) is 10.8 Å². The first kappa shape index (κ1) is 22.0. The van der Waals surface area contributed by atoms with Gasteiger partial charge in [0.25, 0.3) is 5.56 Å². The molecule has 0 radical (unpaired) electrons. The number of halogens is 3. The largest absolute Gasteiger partial charge is 0.418 e. The van der Waals surface area contributed by atoms with Gasteiger partial charge in [0, 0.05) is 11.9 Å². The molecule has 162 valence electrons. The van der Waals surface area contributed by atoms with Gasteiger partial charge in [0.15, 0.2) is 0 Å². The van der Waals surface area contributed by atoms with E-state index < -0.39 is 30.1 Å². The van der Waals surface area contributed by atoms with Gasteiger partial charge in [-0.25, -0.2) is 5.10 Å². The molecule has 1 heterocycles. The number of nitrogens with zero attached hydrogens (tertiary/aromatic N) is 2. The summed E-state index contributed by atoms with van der Waals surface area (Å²) in [5.74, 6) is -1.21. The molecule has 0 bridgehead atoms. The standard InChI is InChI=1S/C21H19F3N4O3/c1-2-28(12-18(29)25-16-10-6-5-9-15(16)21(22,23)24)19(30)11-17-13-7-3-4-8-14(13)20(31)27-26-17/h3-10H,2,11-12H2,1H3,(H,25,29)(H,27,31). The summed E-state index contributed by atoms with van der Waals surface area (Å²) in [6.07, 6.45) is -4.81. The zero-order valence-electron chi connectivity index (χ0n) is 16.5. The molecular weight excluding hydrogens is 413 g/mol. The number of aromatic nitrogens is 2. The van der Waals surface area contributed by atoms with Crippen molar-refractivity contribution in [1.29, 1.82) is 0 Å². The average molecular weight is 432 g/mol. The third-order valence-electron chi connectivity index (χ3n) is 4.67. The zero-order valence-corrected chi connectivity index (χ0v) is 16.5. The number of amides is 2. The second-order valence-corrected chi connectivity index (χ2v) is 6.72. The number of alkyl halides is 3. The molecule has 2 aromatic carbocycles. The van der Waals surface area contributed by atoms with Crippen LogP contribution in [0.15, 0.2) is 53.3 Å². The first-order valence-electron chi connectivity index (χ1n) is 9.41. The highest BCUT2D eigenvalue weighted by atomic mass is 19.4. The van der Waals surface area contributed by atoms with Gasteiger partial charge < -0.3 is 10.2 Å². The summed E-state index contributed by atoms with van der Waals surface area (Å²) in [5.41, 5.74) is -1.40. The molecule has 31 heavy (non-hydrogen) atoms. The lowest BCUT2D eigenvalue weighted by Crippen LogP contribution is -2.39. The Morgan fingerprint density at radius 1 is 1.06 bits per heavy atom. The minimum Gasteiger partial charge on any atom is -0.333 e. The van der Waals surface area contributed by atoms with Crippen LogP contribution < -0.4 is 10.9 Å². The summed E-state index contributed by atoms with van der Waals surface area (Å²) < 4.78 is 39.3. The number of H-pyrrole nitrogens is 1. The molecule has 0 fully saturated rings. The van der Waals surface area contributed by atoms with E-state index in [-0.39, 0.29) is 24.2 Å². The van der Waals surface area contributed by atoms with Gasteiger partial charge >= 0.3 is 6.18 Å². The van der Waals surface area contributed by atoms with E-state index in [1.807, 2.05) is 0 Å². The van der Waals surface area contributed by atoms with Crippen molar-refractivity contribution >= 4 is 28.3 Å². The van der Waals surface area contributed by atoms with E-state index >= 15 is 0 Å². The molecule has 0 aliphatic heterocycles. The van der Waals surface area contributed by atoms with Crippen LogP contribution in [-0.4, -0.2) is 40.0 Å². The van der Waals surface area contributed by atoms with Gasteiger partial charge in [-0.05, 0) is 25.1 Å². The molecule has 2 N–H and O–H groups in total. The van der Waals surface area contributed by atoms with Crippen LogP contribution in [-0.2, 0) is 22.2 Å². The molecule has 0 saturated carbocycles. The SMILES string of the molecule is CCN(CC(=O)Nc1ccccc1C(F)(F)F)C(=O)Cc1n[nH]c(=O)c2ccccc12. The third-order valence-corrected chi connectivity index (χ3v) is 4.67. The van der Waals surface area contributed by atoms with Crippen molar-refractivity contribution in [2.45, 2.75) is 19.5 Å². The van der Waals surface area contributed by atoms with E-state index in [4.69, 9.17) is 0 Å². The predicted octanol–water partition coefficient (Wildman–Crippen LogP) is 2.97. The number of hydrogen-bond acceptors (Lipinski definition) is 4. The van der Waals surface area contributed by atoms with Crippen molar-refractivity contribution in [3.63, 3.8) is 0 Å². The molecule has 10 heteroatoms. The topological polar surface area (TPSA) is 95.2 Å². The minimum atomic E-state index is -4.62. The molecule has 0 aliphatic rings. The van der Waals surface area contributed by atoms with Crippen LogP contribution >= 0.6 is 0 Å². The fraction of sp³-hybridized carbons (Fsp3) is 0.238. The molecule has 0 aliphatic carbocycles. The fourth-order valence-electron chi connectivity index (χ4n) is 3.14. The number of carbonyl (C=O) groups is 2. The Labute approximate surface area is 174 Å². The number of aromatic amines is 1. The number of likely N-dealkylation sites (N-methyl/N-ethyl adjacent to an activating group) is 1. The van der Waals surface area contributed by atoms with Crippen LogP contribution in [0.2, 0.25) is 0 Å². The Kier molecular flexibility index (Phi) is 6.38. The van der Waals surface area contributed by atoms with Gasteiger partial charge in [0.05, 0.1) is 35.3 Å². The predicted molar refractivity (Wildman–Crippen MR) is 108 cm³/mol. The monoisotopic (exact) mass is 432 g/mol. The Hall–Kier alpha value is -3.69. The summed E-state index contributed by atoms with van der Waals surface area (Å²) >= 11 is 0. The van der Waals surface area contributed by atoms with Crippen molar-refractivity contribution in [2.24, 2.45) is 0 Å². The van der Waals surface area contributed by atoms with Crippen LogP contribution in [0.5, 0.6) is 0 Å². The molecule has 2 amide bonds. The molecule has 0 atom stereocenters.